The third-order valence-electron chi connectivity index (χ3n) is 3.07. The van der Waals surface area contributed by atoms with Gasteiger partial charge in [-0.25, -0.2) is 4.98 Å². The summed E-state index contributed by atoms with van der Waals surface area (Å²) in [5.74, 6) is 0.940. The summed E-state index contributed by atoms with van der Waals surface area (Å²) >= 11 is 0. The summed E-state index contributed by atoms with van der Waals surface area (Å²) in [6.07, 6.45) is 0. The highest BCUT2D eigenvalue weighted by Crippen LogP contribution is 2.31. The lowest BCUT2D eigenvalue weighted by molar-refractivity contribution is -0.383. The fourth-order valence-corrected chi connectivity index (χ4v) is 1.99. The molecule has 0 saturated carbocycles. The van der Waals surface area contributed by atoms with Gasteiger partial charge < -0.3 is 14.9 Å². The summed E-state index contributed by atoms with van der Waals surface area (Å²) in [5, 5.41) is 10.9. The van der Waals surface area contributed by atoms with E-state index in [0.29, 0.717) is 28.3 Å². The second-order valence-corrected chi connectivity index (χ2v) is 4.38. The van der Waals surface area contributed by atoms with E-state index in [-0.39, 0.29) is 11.4 Å². The fraction of sp³-hybridized carbons (Fsp3) is 0.0714. The van der Waals surface area contributed by atoms with Crippen LogP contribution >= 0.6 is 0 Å². The molecule has 0 saturated heterocycles. The van der Waals surface area contributed by atoms with Crippen molar-refractivity contribution in [3.63, 3.8) is 0 Å². The van der Waals surface area contributed by atoms with E-state index in [4.69, 9.17) is 14.9 Å². The number of aromatic nitrogens is 1. The largest absolute Gasteiger partial charge is 0.497 e. The number of benzene rings is 2. The molecule has 106 valence electrons. The van der Waals surface area contributed by atoms with E-state index in [9.17, 15) is 10.1 Å². The first kappa shape index (κ1) is 12.9. The van der Waals surface area contributed by atoms with Gasteiger partial charge in [0.25, 0.3) is 5.69 Å². The molecule has 0 unspecified atom stereocenters. The van der Waals surface area contributed by atoms with Crippen LogP contribution in [-0.4, -0.2) is 17.0 Å². The molecule has 7 heteroatoms. The fourth-order valence-electron chi connectivity index (χ4n) is 1.99. The Morgan fingerprint density at radius 2 is 2.10 bits per heavy atom. The monoisotopic (exact) mass is 285 g/mol. The third kappa shape index (κ3) is 2.25. The Hall–Kier alpha value is -3.09. The Labute approximate surface area is 119 Å². The molecule has 0 radical (unpaired) electrons. The molecule has 3 rings (SSSR count). The van der Waals surface area contributed by atoms with Crippen LogP contribution in [0.2, 0.25) is 0 Å². The number of nitrogens with zero attached hydrogens (tertiary/aromatic N) is 2. The number of rotatable bonds is 3. The molecule has 0 atom stereocenters. The molecule has 0 bridgehead atoms. The van der Waals surface area contributed by atoms with Gasteiger partial charge >= 0.3 is 0 Å². The topological polar surface area (TPSA) is 104 Å². The van der Waals surface area contributed by atoms with Crippen LogP contribution in [0.3, 0.4) is 0 Å². The molecule has 0 aliphatic rings. The van der Waals surface area contributed by atoms with E-state index in [1.807, 2.05) is 0 Å². The van der Waals surface area contributed by atoms with Crippen LogP contribution in [0.4, 0.5) is 11.4 Å². The highest BCUT2D eigenvalue weighted by molar-refractivity contribution is 5.78. The van der Waals surface area contributed by atoms with Crippen LogP contribution in [-0.2, 0) is 0 Å². The summed E-state index contributed by atoms with van der Waals surface area (Å²) < 4.78 is 10.7. The van der Waals surface area contributed by atoms with Crippen LogP contribution in [0, 0.1) is 10.1 Å². The van der Waals surface area contributed by atoms with Crippen LogP contribution < -0.4 is 10.5 Å². The number of nitrogen functional groups attached to an aromatic ring is 1. The van der Waals surface area contributed by atoms with Crippen molar-refractivity contribution in [1.82, 2.24) is 4.98 Å². The Kier molecular flexibility index (Phi) is 2.94. The van der Waals surface area contributed by atoms with Crippen LogP contribution in [0.25, 0.3) is 22.6 Å². The highest BCUT2D eigenvalue weighted by Gasteiger charge is 2.16. The molecule has 0 fully saturated rings. The number of ether oxygens (including phenoxy) is 1. The van der Waals surface area contributed by atoms with Gasteiger partial charge in [0.2, 0.25) is 5.89 Å². The van der Waals surface area contributed by atoms with Gasteiger partial charge in [-0.3, -0.25) is 10.1 Å². The van der Waals surface area contributed by atoms with Crippen molar-refractivity contribution in [3.8, 4) is 17.2 Å². The van der Waals surface area contributed by atoms with Crippen molar-refractivity contribution in [3.05, 3.63) is 46.5 Å². The number of nitro groups is 1. The third-order valence-corrected chi connectivity index (χ3v) is 3.07. The van der Waals surface area contributed by atoms with Gasteiger partial charge in [-0.15, -0.1) is 0 Å². The molecular weight excluding hydrogens is 274 g/mol. The number of methoxy groups -OCH3 is 1. The van der Waals surface area contributed by atoms with Crippen molar-refractivity contribution in [2.45, 2.75) is 0 Å². The molecule has 2 N–H and O–H groups in total. The molecule has 7 nitrogen and oxygen atoms in total. The molecule has 0 aliphatic carbocycles. The Bertz CT molecular complexity index is 841. The molecule has 1 aromatic heterocycles. The Balaban J connectivity index is 2.12. The molecular formula is C14H11N3O4. The molecule has 0 spiro atoms. The molecule has 2 aromatic carbocycles. The summed E-state index contributed by atoms with van der Waals surface area (Å²) in [7, 11) is 1.56. The van der Waals surface area contributed by atoms with Crippen molar-refractivity contribution in [2.24, 2.45) is 0 Å². The van der Waals surface area contributed by atoms with Crippen molar-refractivity contribution in [1.29, 1.82) is 0 Å². The van der Waals surface area contributed by atoms with Gasteiger partial charge in [0.1, 0.15) is 17.0 Å². The zero-order chi connectivity index (χ0) is 15.0. The number of nitrogens with two attached hydrogens (primary N) is 1. The van der Waals surface area contributed by atoms with E-state index in [0.717, 1.165) is 0 Å². The highest BCUT2D eigenvalue weighted by atomic mass is 16.6. The lowest BCUT2D eigenvalue weighted by Gasteiger charge is -1.99. The second-order valence-electron chi connectivity index (χ2n) is 4.38. The van der Waals surface area contributed by atoms with Crippen molar-refractivity contribution >= 4 is 22.5 Å². The molecule has 21 heavy (non-hydrogen) atoms. The van der Waals surface area contributed by atoms with Crippen molar-refractivity contribution in [2.75, 3.05) is 12.8 Å². The number of fused-ring (bicyclic) bond motifs is 1. The Morgan fingerprint density at radius 1 is 1.29 bits per heavy atom. The maximum atomic E-state index is 10.9. The minimum absolute atomic E-state index is 0.0986. The molecule has 0 aliphatic heterocycles. The quantitative estimate of drug-likeness (QED) is 0.450. The van der Waals surface area contributed by atoms with E-state index < -0.39 is 4.92 Å². The number of anilines is 1. The predicted octanol–water partition coefficient (Wildman–Crippen LogP) is 2.99. The predicted molar refractivity (Wildman–Crippen MR) is 77.1 cm³/mol. The van der Waals surface area contributed by atoms with E-state index in [2.05, 4.69) is 4.98 Å². The van der Waals surface area contributed by atoms with Gasteiger partial charge in [-0.05, 0) is 24.3 Å². The normalized spacial score (nSPS) is 10.7. The second kappa shape index (κ2) is 4.78. The van der Waals surface area contributed by atoms with Crippen LogP contribution in [0.5, 0.6) is 5.75 Å². The first-order valence-electron chi connectivity index (χ1n) is 6.07. The number of hydrogen-bond donors (Lipinski definition) is 1. The van der Waals surface area contributed by atoms with Gasteiger partial charge in [-0.1, -0.05) is 0 Å². The molecule has 0 amide bonds. The minimum atomic E-state index is -0.537. The zero-order valence-corrected chi connectivity index (χ0v) is 11.1. The smallest absolute Gasteiger partial charge is 0.292 e. The summed E-state index contributed by atoms with van der Waals surface area (Å²) in [6, 6.07) is 9.66. The summed E-state index contributed by atoms with van der Waals surface area (Å²) in [6.45, 7) is 0. The van der Waals surface area contributed by atoms with E-state index in [1.54, 1.807) is 31.4 Å². The average molecular weight is 285 g/mol. The van der Waals surface area contributed by atoms with Gasteiger partial charge in [0.05, 0.1) is 12.0 Å². The summed E-state index contributed by atoms with van der Waals surface area (Å²) in [5.41, 5.74) is 7.18. The SMILES string of the molecule is COc1ccc2nc(-c3ccc(N)c([N+](=O)[O-])c3)oc2c1. The lowest BCUT2D eigenvalue weighted by atomic mass is 10.2. The number of nitro benzene ring substituents is 1. The number of hydrogen-bond acceptors (Lipinski definition) is 6. The average Bonchev–Trinajstić information content (AvgIpc) is 2.90. The minimum Gasteiger partial charge on any atom is -0.497 e. The van der Waals surface area contributed by atoms with Crippen LogP contribution in [0.1, 0.15) is 0 Å². The van der Waals surface area contributed by atoms with Gasteiger partial charge in [0, 0.05) is 17.7 Å². The van der Waals surface area contributed by atoms with Crippen LogP contribution in [0.15, 0.2) is 40.8 Å². The first-order valence-corrected chi connectivity index (χ1v) is 6.07. The standard InChI is InChI=1S/C14H11N3O4/c1-20-9-3-5-11-13(7-9)21-14(16-11)8-2-4-10(15)12(6-8)17(18)19/h2-7H,15H2,1H3. The van der Waals surface area contributed by atoms with E-state index >= 15 is 0 Å². The van der Waals surface area contributed by atoms with Crippen molar-refractivity contribution < 1.29 is 14.1 Å². The lowest BCUT2D eigenvalue weighted by Crippen LogP contribution is -1.95. The zero-order valence-electron chi connectivity index (χ0n) is 11.1. The van der Waals surface area contributed by atoms with Gasteiger partial charge in [-0.2, -0.15) is 0 Å². The molecule has 1 heterocycles. The Morgan fingerprint density at radius 3 is 2.81 bits per heavy atom. The maximum Gasteiger partial charge on any atom is 0.292 e. The van der Waals surface area contributed by atoms with Gasteiger partial charge in [0.15, 0.2) is 5.58 Å². The maximum absolute atomic E-state index is 10.9. The number of oxazole rings is 1. The summed E-state index contributed by atoms with van der Waals surface area (Å²) in [4.78, 5) is 14.7. The molecule has 3 aromatic rings. The first-order chi connectivity index (χ1) is 10.1. The van der Waals surface area contributed by atoms with E-state index in [1.165, 1.54) is 12.1 Å².